The minimum Gasteiger partial charge on any atom is -0.364 e. The first-order valence-electron chi connectivity index (χ1n) is 6.18. The molecule has 0 unspecified atom stereocenters. The molecule has 7 nitrogen and oxygen atoms in total. The summed E-state index contributed by atoms with van der Waals surface area (Å²) in [6, 6.07) is 0.387. The third-order valence-corrected chi connectivity index (χ3v) is 2.93. The fourth-order valence-electron chi connectivity index (χ4n) is 2.01. The molecule has 1 aromatic rings. The molecular formula is C11H17N5O2. The maximum absolute atomic E-state index is 11.2. The van der Waals surface area contributed by atoms with Gasteiger partial charge in [0.2, 0.25) is 11.6 Å². The SMILES string of the molecule is CCNc1ncnc(N(CC)C2CC2)c1[N+](=O)[O-]. The summed E-state index contributed by atoms with van der Waals surface area (Å²) < 4.78 is 0. The largest absolute Gasteiger partial charge is 0.364 e. The van der Waals surface area contributed by atoms with Crippen molar-refractivity contribution in [3.63, 3.8) is 0 Å². The van der Waals surface area contributed by atoms with Crippen LogP contribution in [0, 0.1) is 10.1 Å². The Morgan fingerprint density at radius 2 is 2.22 bits per heavy atom. The van der Waals surface area contributed by atoms with Crippen LogP contribution in [-0.2, 0) is 0 Å². The van der Waals surface area contributed by atoms with E-state index in [2.05, 4.69) is 15.3 Å². The van der Waals surface area contributed by atoms with Crippen LogP contribution < -0.4 is 10.2 Å². The first kappa shape index (κ1) is 12.5. The Morgan fingerprint density at radius 1 is 1.50 bits per heavy atom. The molecule has 0 radical (unpaired) electrons. The van der Waals surface area contributed by atoms with E-state index in [-0.39, 0.29) is 5.69 Å². The Labute approximate surface area is 105 Å². The highest BCUT2D eigenvalue weighted by Gasteiger charge is 2.34. The molecule has 98 valence electrons. The molecule has 2 rings (SSSR count). The van der Waals surface area contributed by atoms with Gasteiger partial charge in [0.05, 0.1) is 4.92 Å². The van der Waals surface area contributed by atoms with E-state index in [0.717, 1.165) is 12.8 Å². The van der Waals surface area contributed by atoms with Crippen molar-refractivity contribution in [2.24, 2.45) is 0 Å². The number of anilines is 2. The number of hydrogen-bond donors (Lipinski definition) is 1. The summed E-state index contributed by atoms with van der Waals surface area (Å²) in [6.45, 7) is 5.17. The fraction of sp³-hybridized carbons (Fsp3) is 0.636. The van der Waals surface area contributed by atoms with Crippen molar-refractivity contribution < 1.29 is 4.92 Å². The second kappa shape index (κ2) is 5.16. The lowest BCUT2D eigenvalue weighted by Crippen LogP contribution is -2.27. The molecule has 1 aromatic heterocycles. The zero-order chi connectivity index (χ0) is 13.1. The van der Waals surface area contributed by atoms with Crippen molar-refractivity contribution in [1.82, 2.24) is 9.97 Å². The number of nitro groups is 1. The van der Waals surface area contributed by atoms with Gasteiger partial charge in [0, 0.05) is 19.1 Å². The quantitative estimate of drug-likeness (QED) is 0.613. The van der Waals surface area contributed by atoms with Crippen LogP contribution in [0.3, 0.4) is 0 Å². The van der Waals surface area contributed by atoms with Crippen molar-refractivity contribution in [3.8, 4) is 0 Å². The highest BCUT2D eigenvalue weighted by atomic mass is 16.6. The molecule has 1 heterocycles. The topological polar surface area (TPSA) is 84.2 Å². The van der Waals surface area contributed by atoms with Crippen LogP contribution >= 0.6 is 0 Å². The lowest BCUT2D eigenvalue weighted by molar-refractivity contribution is -0.383. The van der Waals surface area contributed by atoms with E-state index in [1.54, 1.807) is 0 Å². The van der Waals surface area contributed by atoms with Crippen molar-refractivity contribution >= 4 is 17.3 Å². The van der Waals surface area contributed by atoms with Gasteiger partial charge in [-0.15, -0.1) is 0 Å². The summed E-state index contributed by atoms with van der Waals surface area (Å²) in [4.78, 5) is 20.9. The Kier molecular flexibility index (Phi) is 3.59. The molecule has 0 aromatic carbocycles. The van der Waals surface area contributed by atoms with Crippen LogP contribution in [0.1, 0.15) is 26.7 Å². The summed E-state index contributed by atoms with van der Waals surface area (Å²) in [5.74, 6) is 0.725. The molecule has 0 aliphatic heterocycles. The molecule has 1 N–H and O–H groups in total. The number of nitrogens with zero attached hydrogens (tertiary/aromatic N) is 4. The summed E-state index contributed by atoms with van der Waals surface area (Å²) >= 11 is 0. The van der Waals surface area contributed by atoms with Gasteiger partial charge in [-0.3, -0.25) is 10.1 Å². The molecule has 18 heavy (non-hydrogen) atoms. The zero-order valence-corrected chi connectivity index (χ0v) is 10.6. The summed E-state index contributed by atoms with van der Waals surface area (Å²) in [7, 11) is 0. The number of hydrogen-bond acceptors (Lipinski definition) is 6. The van der Waals surface area contributed by atoms with Gasteiger partial charge >= 0.3 is 5.69 Å². The smallest absolute Gasteiger partial charge is 0.353 e. The van der Waals surface area contributed by atoms with Crippen molar-refractivity contribution in [2.75, 3.05) is 23.3 Å². The average Bonchev–Trinajstić information content (AvgIpc) is 3.15. The van der Waals surface area contributed by atoms with Crippen LogP contribution in [0.5, 0.6) is 0 Å². The van der Waals surface area contributed by atoms with Crippen LogP contribution in [0.25, 0.3) is 0 Å². The number of rotatable bonds is 6. The monoisotopic (exact) mass is 251 g/mol. The molecule has 1 saturated carbocycles. The first-order chi connectivity index (χ1) is 8.69. The molecule has 0 atom stereocenters. The molecule has 1 fully saturated rings. The molecular weight excluding hydrogens is 234 g/mol. The van der Waals surface area contributed by atoms with Crippen molar-refractivity contribution in [3.05, 3.63) is 16.4 Å². The minimum absolute atomic E-state index is 0.0203. The van der Waals surface area contributed by atoms with E-state index >= 15 is 0 Å². The van der Waals surface area contributed by atoms with Crippen molar-refractivity contribution in [1.29, 1.82) is 0 Å². The Balaban J connectivity index is 2.44. The predicted octanol–water partition coefficient (Wildman–Crippen LogP) is 1.81. The van der Waals surface area contributed by atoms with Crippen LogP contribution in [0.15, 0.2) is 6.33 Å². The van der Waals surface area contributed by atoms with Crippen LogP contribution in [0.2, 0.25) is 0 Å². The van der Waals surface area contributed by atoms with E-state index in [0.29, 0.717) is 30.8 Å². The maximum atomic E-state index is 11.2. The number of nitrogens with one attached hydrogen (secondary N) is 1. The third kappa shape index (κ3) is 2.34. The summed E-state index contributed by atoms with van der Waals surface area (Å²) in [5, 5.41) is 14.2. The Hall–Kier alpha value is -1.92. The minimum atomic E-state index is -0.404. The highest BCUT2D eigenvalue weighted by Crippen LogP contribution is 2.37. The lowest BCUT2D eigenvalue weighted by atomic mass is 10.3. The van der Waals surface area contributed by atoms with Crippen LogP contribution in [-0.4, -0.2) is 34.0 Å². The standard InChI is InChI=1S/C11H17N5O2/c1-3-12-10-9(16(17)18)11(14-7-13-10)15(4-2)8-5-6-8/h7-8H,3-6H2,1-2H3,(H,12,13,14). The lowest BCUT2D eigenvalue weighted by Gasteiger charge is -2.21. The van der Waals surface area contributed by atoms with Gasteiger partial charge < -0.3 is 10.2 Å². The van der Waals surface area contributed by atoms with Gasteiger partial charge in [-0.2, -0.15) is 0 Å². The second-order valence-corrected chi connectivity index (χ2v) is 4.20. The molecule has 0 amide bonds. The first-order valence-corrected chi connectivity index (χ1v) is 6.18. The van der Waals surface area contributed by atoms with Crippen LogP contribution in [0.4, 0.5) is 17.3 Å². The zero-order valence-electron chi connectivity index (χ0n) is 10.6. The molecule has 0 spiro atoms. The third-order valence-electron chi connectivity index (χ3n) is 2.93. The van der Waals surface area contributed by atoms with E-state index in [4.69, 9.17) is 0 Å². The Morgan fingerprint density at radius 3 is 2.72 bits per heavy atom. The van der Waals surface area contributed by atoms with Crippen molar-refractivity contribution in [2.45, 2.75) is 32.7 Å². The van der Waals surface area contributed by atoms with Gasteiger partial charge in [-0.25, -0.2) is 9.97 Å². The highest BCUT2D eigenvalue weighted by molar-refractivity contribution is 5.70. The Bertz CT molecular complexity index is 447. The second-order valence-electron chi connectivity index (χ2n) is 4.20. The summed E-state index contributed by atoms with van der Waals surface area (Å²) in [6.07, 6.45) is 3.53. The van der Waals surface area contributed by atoms with Gasteiger partial charge in [0.25, 0.3) is 0 Å². The molecule has 1 aliphatic rings. The molecule has 0 bridgehead atoms. The van der Waals surface area contributed by atoms with E-state index in [1.807, 2.05) is 18.7 Å². The molecule has 0 saturated heterocycles. The molecule has 7 heteroatoms. The van der Waals surface area contributed by atoms with E-state index in [1.165, 1.54) is 6.33 Å². The van der Waals surface area contributed by atoms with Gasteiger partial charge in [0.1, 0.15) is 6.33 Å². The predicted molar refractivity (Wildman–Crippen MR) is 68.9 cm³/mol. The van der Waals surface area contributed by atoms with Gasteiger partial charge in [0.15, 0.2) is 0 Å². The number of aromatic nitrogens is 2. The van der Waals surface area contributed by atoms with E-state index < -0.39 is 4.92 Å². The summed E-state index contributed by atoms with van der Waals surface area (Å²) in [5.41, 5.74) is -0.0203. The van der Waals surface area contributed by atoms with Gasteiger partial charge in [-0.05, 0) is 26.7 Å². The fourth-order valence-corrected chi connectivity index (χ4v) is 2.01. The maximum Gasteiger partial charge on any atom is 0.353 e. The average molecular weight is 251 g/mol. The normalized spacial score (nSPS) is 14.3. The van der Waals surface area contributed by atoms with Gasteiger partial charge in [-0.1, -0.05) is 0 Å². The van der Waals surface area contributed by atoms with E-state index in [9.17, 15) is 10.1 Å². The molecule has 1 aliphatic carbocycles.